The highest BCUT2D eigenvalue weighted by atomic mass is 35.5. The lowest BCUT2D eigenvalue weighted by Gasteiger charge is -2.34. The number of carbonyl (C=O) groups excluding carboxylic acids is 2. The lowest BCUT2D eigenvalue weighted by molar-refractivity contribution is -0.128. The summed E-state index contributed by atoms with van der Waals surface area (Å²) in [6.45, 7) is 7.13. The van der Waals surface area contributed by atoms with E-state index in [1.807, 2.05) is 33.8 Å². The number of rotatable bonds is 8. The lowest BCUT2D eigenvalue weighted by Crippen LogP contribution is -2.50. The van der Waals surface area contributed by atoms with Gasteiger partial charge in [-0.25, -0.2) is 4.39 Å². The number of ether oxygens (including phenoxy) is 1. The summed E-state index contributed by atoms with van der Waals surface area (Å²) in [5.74, 6) is -0.649. The summed E-state index contributed by atoms with van der Waals surface area (Å²) in [4.78, 5) is 30.5. The first-order valence-corrected chi connectivity index (χ1v) is 12.9. The van der Waals surface area contributed by atoms with Crippen molar-refractivity contribution < 1.29 is 18.7 Å². The average molecular weight is 565 g/mol. The number of benzene rings is 3. The van der Waals surface area contributed by atoms with E-state index >= 15 is 0 Å². The molecule has 0 spiro atoms. The number of aromatic nitrogens is 4. The number of carbonyl (C=O) groups is 2. The standard InChI is InChI=1S/C29H30ClFN6O3/c1-18-6-15-24(40-5)23(16-18)37(26(28(39)32-29(2,3)4)19-7-11-21(30)12-8-19)25(38)17-36-34-27(33-35-36)20-9-13-22(31)14-10-20/h6-16,26H,17H2,1-5H3,(H,32,39)/t26-/m0/s1. The molecule has 1 aromatic heterocycles. The zero-order chi connectivity index (χ0) is 29.0. The van der Waals surface area contributed by atoms with Gasteiger partial charge in [-0.15, -0.1) is 10.2 Å². The Morgan fingerprint density at radius 3 is 2.38 bits per heavy atom. The summed E-state index contributed by atoms with van der Waals surface area (Å²) in [6.07, 6.45) is 0. The second-order valence-corrected chi connectivity index (χ2v) is 10.7. The Bertz CT molecular complexity index is 1500. The number of hydrogen-bond donors (Lipinski definition) is 1. The van der Waals surface area contributed by atoms with E-state index in [0.717, 1.165) is 10.4 Å². The normalized spacial score (nSPS) is 12.1. The van der Waals surface area contributed by atoms with Gasteiger partial charge in [-0.1, -0.05) is 29.8 Å². The molecule has 0 bridgehead atoms. The van der Waals surface area contributed by atoms with Gasteiger partial charge in [-0.05, 0) is 92.6 Å². The van der Waals surface area contributed by atoms with E-state index in [0.29, 0.717) is 27.6 Å². The van der Waals surface area contributed by atoms with Gasteiger partial charge in [0.1, 0.15) is 24.2 Å². The Morgan fingerprint density at radius 2 is 1.75 bits per heavy atom. The fourth-order valence-electron chi connectivity index (χ4n) is 4.13. The minimum atomic E-state index is -1.08. The molecular formula is C29H30ClFN6O3. The Hall–Kier alpha value is -4.31. The number of nitrogens with zero attached hydrogens (tertiary/aromatic N) is 5. The smallest absolute Gasteiger partial charge is 0.251 e. The predicted molar refractivity (Wildman–Crippen MR) is 151 cm³/mol. The van der Waals surface area contributed by atoms with Gasteiger partial charge in [0.2, 0.25) is 11.7 Å². The molecule has 0 aliphatic carbocycles. The van der Waals surface area contributed by atoms with Gasteiger partial charge in [0, 0.05) is 16.1 Å². The van der Waals surface area contributed by atoms with Gasteiger partial charge in [-0.3, -0.25) is 14.5 Å². The van der Waals surface area contributed by atoms with Crippen LogP contribution in [0.15, 0.2) is 66.7 Å². The Balaban J connectivity index is 1.80. The summed E-state index contributed by atoms with van der Waals surface area (Å²) in [5.41, 5.74) is 1.76. The van der Waals surface area contributed by atoms with Gasteiger partial charge in [0.25, 0.3) is 5.91 Å². The van der Waals surface area contributed by atoms with Gasteiger partial charge >= 0.3 is 0 Å². The molecule has 0 radical (unpaired) electrons. The molecule has 0 aliphatic heterocycles. The van der Waals surface area contributed by atoms with Crippen LogP contribution in [-0.4, -0.2) is 44.7 Å². The molecule has 0 aliphatic rings. The molecule has 1 N–H and O–H groups in total. The molecule has 208 valence electrons. The molecule has 0 saturated carbocycles. The Morgan fingerprint density at radius 1 is 1.07 bits per heavy atom. The first kappa shape index (κ1) is 28.7. The van der Waals surface area contributed by atoms with Crippen LogP contribution in [0.4, 0.5) is 10.1 Å². The molecule has 0 fully saturated rings. The van der Waals surface area contributed by atoms with Crippen molar-refractivity contribution in [2.45, 2.75) is 45.8 Å². The van der Waals surface area contributed by atoms with Crippen molar-refractivity contribution in [2.24, 2.45) is 0 Å². The minimum absolute atomic E-state index is 0.229. The molecule has 0 unspecified atom stereocenters. The number of aryl methyl sites for hydroxylation is 1. The number of hydrogen-bond acceptors (Lipinski definition) is 6. The molecule has 9 nitrogen and oxygen atoms in total. The first-order chi connectivity index (χ1) is 18.9. The number of nitrogens with one attached hydrogen (secondary N) is 1. The van der Waals surface area contributed by atoms with Crippen LogP contribution in [0.3, 0.4) is 0 Å². The number of amides is 2. The van der Waals surface area contributed by atoms with Crippen molar-refractivity contribution in [3.8, 4) is 17.1 Å². The average Bonchev–Trinajstić information content (AvgIpc) is 3.35. The summed E-state index contributed by atoms with van der Waals surface area (Å²) < 4.78 is 19.0. The van der Waals surface area contributed by atoms with Crippen LogP contribution in [-0.2, 0) is 16.1 Å². The SMILES string of the molecule is COc1ccc(C)cc1N(C(=O)Cn1nnc(-c2ccc(F)cc2)n1)[C@H](C(=O)NC(C)(C)C)c1ccc(Cl)cc1. The molecule has 4 rings (SSSR count). The van der Waals surface area contributed by atoms with Crippen molar-refractivity contribution in [2.75, 3.05) is 12.0 Å². The molecule has 2 amide bonds. The topological polar surface area (TPSA) is 102 Å². The van der Waals surface area contributed by atoms with E-state index in [1.54, 1.807) is 36.4 Å². The fraction of sp³-hybridized carbons (Fsp3) is 0.276. The van der Waals surface area contributed by atoms with Crippen LogP contribution in [0, 0.1) is 12.7 Å². The largest absolute Gasteiger partial charge is 0.495 e. The molecule has 40 heavy (non-hydrogen) atoms. The van der Waals surface area contributed by atoms with Crippen molar-refractivity contribution >= 4 is 29.1 Å². The van der Waals surface area contributed by atoms with Gasteiger partial charge < -0.3 is 10.1 Å². The second kappa shape index (κ2) is 11.8. The van der Waals surface area contributed by atoms with E-state index < -0.39 is 29.2 Å². The summed E-state index contributed by atoms with van der Waals surface area (Å²) in [6, 6.07) is 16.7. The summed E-state index contributed by atoms with van der Waals surface area (Å²) in [5, 5.41) is 15.8. The van der Waals surface area contributed by atoms with Crippen molar-refractivity contribution in [1.82, 2.24) is 25.5 Å². The molecule has 1 heterocycles. The molecular weight excluding hydrogens is 535 g/mol. The van der Waals surface area contributed by atoms with Crippen molar-refractivity contribution in [3.63, 3.8) is 0 Å². The fourth-order valence-corrected chi connectivity index (χ4v) is 4.25. The van der Waals surface area contributed by atoms with E-state index in [4.69, 9.17) is 16.3 Å². The van der Waals surface area contributed by atoms with Gasteiger partial charge in [-0.2, -0.15) is 4.80 Å². The van der Waals surface area contributed by atoms with Gasteiger partial charge in [0.05, 0.1) is 12.8 Å². The van der Waals surface area contributed by atoms with Crippen LogP contribution in [0.5, 0.6) is 5.75 Å². The van der Waals surface area contributed by atoms with E-state index in [2.05, 4.69) is 20.7 Å². The maximum absolute atomic E-state index is 14.1. The van der Waals surface area contributed by atoms with Crippen LogP contribution in [0.2, 0.25) is 5.02 Å². The van der Waals surface area contributed by atoms with Crippen LogP contribution < -0.4 is 15.0 Å². The van der Waals surface area contributed by atoms with Crippen LogP contribution >= 0.6 is 11.6 Å². The number of halogens is 2. The van der Waals surface area contributed by atoms with Crippen molar-refractivity contribution in [1.29, 1.82) is 0 Å². The summed E-state index contributed by atoms with van der Waals surface area (Å²) >= 11 is 6.15. The zero-order valence-corrected chi connectivity index (χ0v) is 23.6. The molecule has 3 aromatic carbocycles. The molecule has 11 heteroatoms. The van der Waals surface area contributed by atoms with E-state index in [-0.39, 0.29) is 12.4 Å². The minimum Gasteiger partial charge on any atom is -0.495 e. The van der Waals surface area contributed by atoms with E-state index in [1.165, 1.54) is 36.3 Å². The first-order valence-electron chi connectivity index (χ1n) is 12.5. The maximum atomic E-state index is 14.1. The third-order valence-corrected chi connectivity index (χ3v) is 6.14. The molecule has 1 atom stereocenters. The maximum Gasteiger partial charge on any atom is 0.251 e. The monoisotopic (exact) mass is 564 g/mol. The highest BCUT2D eigenvalue weighted by Gasteiger charge is 2.36. The number of methoxy groups -OCH3 is 1. The van der Waals surface area contributed by atoms with Gasteiger partial charge in [0.15, 0.2) is 0 Å². The molecule has 0 saturated heterocycles. The quantitative estimate of drug-likeness (QED) is 0.318. The van der Waals surface area contributed by atoms with Crippen LogP contribution in [0.25, 0.3) is 11.4 Å². The third kappa shape index (κ3) is 6.81. The Kier molecular flexibility index (Phi) is 8.49. The van der Waals surface area contributed by atoms with Crippen molar-refractivity contribution in [3.05, 3.63) is 88.7 Å². The van der Waals surface area contributed by atoms with Crippen LogP contribution in [0.1, 0.15) is 37.9 Å². The predicted octanol–water partition coefficient (Wildman–Crippen LogP) is 5.14. The lowest BCUT2D eigenvalue weighted by atomic mass is 10.00. The highest BCUT2D eigenvalue weighted by molar-refractivity contribution is 6.30. The Labute approximate surface area is 236 Å². The number of tetrazole rings is 1. The summed E-state index contributed by atoms with van der Waals surface area (Å²) in [7, 11) is 1.50. The molecule has 4 aromatic rings. The highest BCUT2D eigenvalue weighted by Crippen LogP contribution is 2.36. The van der Waals surface area contributed by atoms with E-state index in [9.17, 15) is 14.0 Å². The second-order valence-electron chi connectivity index (χ2n) is 10.3. The third-order valence-electron chi connectivity index (χ3n) is 5.89. The zero-order valence-electron chi connectivity index (χ0n) is 22.9. The number of anilines is 1.